The van der Waals surface area contributed by atoms with Crippen LogP contribution in [-0.2, 0) is 0 Å². The van der Waals surface area contributed by atoms with Crippen LogP contribution in [0.1, 0.15) is 28.5 Å². The van der Waals surface area contributed by atoms with E-state index >= 15 is 0 Å². The molecule has 0 saturated carbocycles. The van der Waals surface area contributed by atoms with Gasteiger partial charge in [0.05, 0.1) is 16.7 Å². The maximum Gasteiger partial charge on any atom is 0.243 e. The summed E-state index contributed by atoms with van der Waals surface area (Å²) in [6.45, 7) is 6.16. The van der Waals surface area contributed by atoms with Gasteiger partial charge in [-0.1, -0.05) is 6.07 Å². The van der Waals surface area contributed by atoms with Gasteiger partial charge in [-0.15, -0.1) is 16.4 Å². The van der Waals surface area contributed by atoms with E-state index in [1.807, 2.05) is 38.2 Å². The Labute approximate surface area is 115 Å². The molecule has 3 heterocycles. The Hall–Kier alpha value is -1.95. The van der Waals surface area contributed by atoms with E-state index in [1.54, 1.807) is 15.9 Å². The second-order valence-electron chi connectivity index (χ2n) is 4.49. The second kappa shape index (κ2) is 4.62. The van der Waals surface area contributed by atoms with Gasteiger partial charge in [0, 0.05) is 11.1 Å². The van der Waals surface area contributed by atoms with E-state index < -0.39 is 0 Å². The summed E-state index contributed by atoms with van der Waals surface area (Å²) in [6, 6.07) is 5.98. The summed E-state index contributed by atoms with van der Waals surface area (Å²) in [7, 11) is 0. The fraction of sp³-hybridized carbons (Fsp3) is 0.308. The number of hydrogen-bond acceptors (Lipinski definition) is 5. The monoisotopic (exact) mass is 273 g/mol. The highest BCUT2D eigenvalue weighted by molar-refractivity contribution is 7.11. The van der Waals surface area contributed by atoms with Crippen LogP contribution >= 0.6 is 11.3 Å². The lowest BCUT2D eigenvalue weighted by atomic mass is 10.2. The Morgan fingerprint density at radius 1 is 1.26 bits per heavy atom. The summed E-state index contributed by atoms with van der Waals surface area (Å²) in [5.74, 6) is 0.643. The van der Waals surface area contributed by atoms with Crippen molar-refractivity contribution in [2.45, 2.75) is 26.8 Å². The summed E-state index contributed by atoms with van der Waals surface area (Å²) in [5.41, 5.74) is 1.92. The normalized spacial score (nSPS) is 12.8. The van der Waals surface area contributed by atoms with Crippen LogP contribution in [0.25, 0.3) is 5.65 Å². The quantitative estimate of drug-likeness (QED) is 0.797. The van der Waals surface area contributed by atoms with E-state index in [1.165, 1.54) is 4.88 Å². The molecule has 0 amide bonds. The number of nitrogens with one attached hydrogen (secondary N) is 1. The highest BCUT2D eigenvalue weighted by Crippen LogP contribution is 2.26. The highest BCUT2D eigenvalue weighted by atomic mass is 32.1. The van der Waals surface area contributed by atoms with Crippen molar-refractivity contribution in [1.29, 1.82) is 0 Å². The van der Waals surface area contributed by atoms with Crippen LogP contribution in [0.3, 0.4) is 0 Å². The van der Waals surface area contributed by atoms with E-state index in [4.69, 9.17) is 0 Å². The van der Waals surface area contributed by atoms with E-state index in [0.29, 0.717) is 5.95 Å². The highest BCUT2D eigenvalue weighted by Gasteiger charge is 2.14. The topological polar surface area (TPSA) is 55.1 Å². The molecule has 19 heavy (non-hydrogen) atoms. The SMILES string of the molecule is Cc1nc(C)c(C(C)Nc2nc3ccccn3n2)s1. The molecule has 5 nitrogen and oxygen atoms in total. The number of nitrogens with zero attached hydrogens (tertiary/aromatic N) is 4. The first-order valence-corrected chi connectivity index (χ1v) is 6.97. The van der Waals surface area contributed by atoms with Gasteiger partial charge in [0.2, 0.25) is 5.95 Å². The van der Waals surface area contributed by atoms with Gasteiger partial charge in [-0.05, 0) is 32.9 Å². The molecule has 0 bridgehead atoms. The molecule has 0 aromatic carbocycles. The van der Waals surface area contributed by atoms with Crippen LogP contribution < -0.4 is 5.32 Å². The van der Waals surface area contributed by atoms with Crippen molar-refractivity contribution in [3.05, 3.63) is 40.0 Å². The fourth-order valence-electron chi connectivity index (χ4n) is 2.10. The van der Waals surface area contributed by atoms with Crippen molar-refractivity contribution in [2.24, 2.45) is 0 Å². The van der Waals surface area contributed by atoms with Crippen LogP contribution in [0.5, 0.6) is 0 Å². The molecule has 0 radical (unpaired) electrons. The number of rotatable bonds is 3. The third-order valence-corrected chi connectivity index (χ3v) is 4.18. The second-order valence-corrected chi connectivity index (χ2v) is 5.72. The summed E-state index contributed by atoms with van der Waals surface area (Å²) in [4.78, 5) is 10.1. The summed E-state index contributed by atoms with van der Waals surface area (Å²) in [5, 5.41) is 8.81. The van der Waals surface area contributed by atoms with Crippen molar-refractivity contribution >= 4 is 22.9 Å². The molecule has 1 atom stereocenters. The molecule has 0 aliphatic carbocycles. The largest absolute Gasteiger partial charge is 0.346 e. The first-order valence-electron chi connectivity index (χ1n) is 6.15. The van der Waals surface area contributed by atoms with Crippen molar-refractivity contribution in [1.82, 2.24) is 19.6 Å². The zero-order valence-electron chi connectivity index (χ0n) is 11.1. The summed E-state index contributed by atoms with van der Waals surface area (Å²) >= 11 is 1.71. The van der Waals surface area contributed by atoms with E-state index in [2.05, 4.69) is 27.3 Å². The minimum Gasteiger partial charge on any atom is -0.346 e. The lowest BCUT2D eigenvalue weighted by Gasteiger charge is -2.10. The third kappa shape index (κ3) is 2.31. The Kier molecular flexibility index (Phi) is 2.94. The van der Waals surface area contributed by atoms with E-state index in [-0.39, 0.29) is 6.04 Å². The molecular formula is C13H15N5S. The fourth-order valence-corrected chi connectivity index (χ4v) is 3.03. The molecule has 6 heteroatoms. The molecule has 0 fully saturated rings. The number of aryl methyl sites for hydroxylation is 2. The predicted molar refractivity (Wildman–Crippen MR) is 76.6 cm³/mol. The van der Waals surface area contributed by atoms with Crippen molar-refractivity contribution in [3.8, 4) is 0 Å². The van der Waals surface area contributed by atoms with E-state index in [0.717, 1.165) is 16.3 Å². The molecule has 3 aromatic heterocycles. The molecular weight excluding hydrogens is 258 g/mol. The molecule has 0 spiro atoms. The van der Waals surface area contributed by atoms with Gasteiger partial charge >= 0.3 is 0 Å². The zero-order chi connectivity index (χ0) is 13.4. The third-order valence-electron chi connectivity index (χ3n) is 2.92. The van der Waals surface area contributed by atoms with E-state index in [9.17, 15) is 0 Å². The Bertz CT molecular complexity index is 682. The van der Waals surface area contributed by atoms with Gasteiger partial charge in [-0.2, -0.15) is 4.98 Å². The average Bonchev–Trinajstić information content (AvgIpc) is 2.91. The first-order chi connectivity index (χ1) is 9.13. The standard InChI is InChI=1S/C13H15N5S/c1-8-12(19-10(3)14-8)9(2)15-13-16-11-6-4-5-7-18(11)17-13/h4-7,9H,1-3H3,(H,15,17). The van der Waals surface area contributed by atoms with Crippen molar-refractivity contribution < 1.29 is 0 Å². The van der Waals surface area contributed by atoms with Gasteiger partial charge < -0.3 is 5.32 Å². The smallest absolute Gasteiger partial charge is 0.243 e. The Morgan fingerprint density at radius 2 is 2.11 bits per heavy atom. The van der Waals surface area contributed by atoms with Gasteiger partial charge in [0.1, 0.15) is 0 Å². The molecule has 0 aliphatic rings. The molecule has 0 saturated heterocycles. The van der Waals surface area contributed by atoms with Gasteiger partial charge in [-0.3, -0.25) is 0 Å². The number of aromatic nitrogens is 4. The molecule has 0 aliphatic heterocycles. The number of pyridine rings is 1. The minimum absolute atomic E-state index is 0.156. The van der Waals surface area contributed by atoms with Gasteiger partial charge in [0.25, 0.3) is 0 Å². The molecule has 1 N–H and O–H groups in total. The van der Waals surface area contributed by atoms with Crippen molar-refractivity contribution in [3.63, 3.8) is 0 Å². The first kappa shape index (κ1) is 12.1. The van der Waals surface area contributed by atoms with Crippen LogP contribution in [0.2, 0.25) is 0 Å². The van der Waals surface area contributed by atoms with Crippen LogP contribution in [0, 0.1) is 13.8 Å². The van der Waals surface area contributed by atoms with Crippen LogP contribution in [-0.4, -0.2) is 19.6 Å². The Balaban J connectivity index is 1.86. The molecule has 3 aromatic rings. The number of fused-ring (bicyclic) bond motifs is 1. The average molecular weight is 273 g/mol. The lowest BCUT2D eigenvalue weighted by molar-refractivity contribution is 0.857. The zero-order valence-corrected chi connectivity index (χ0v) is 11.9. The lowest BCUT2D eigenvalue weighted by Crippen LogP contribution is -2.07. The maximum atomic E-state index is 4.45. The maximum absolute atomic E-state index is 4.45. The summed E-state index contributed by atoms with van der Waals surface area (Å²) < 4.78 is 1.76. The van der Waals surface area contributed by atoms with Crippen LogP contribution in [0.15, 0.2) is 24.4 Å². The molecule has 3 rings (SSSR count). The van der Waals surface area contributed by atoms with Crippen LogP contribution in [0.4, 0.5) is 5.95 Å². The summed E-state index contributed by atoms with van der Waals surface area (Å²) in [6.07, 6.45) is 1.89. The number of thiazole rings is 1. The molecule has 1 unspecified atom stereocenters. The van der Waals surface area contributed by atoms with Gasteiger partial charge in [-0.25, -0.2) is 9.50 Å². The molecule has 98 valence electrons. The van der Waals surface area contributed by atoms with Crippen molar-refractivity contribution in [2.75, 3.05) is 5.32 Å². The predicted octanol–water partition coefficient (Wildman–Crippen LogP) is 2.98. The Morgan fingerprint density at radius 3 is 2.79 bits per heavy atom. The minimum atomic E-state index is 0.156. The number of hydrogen-bond donors (Lipinski definition) is 1. The number of anilines is 1. The van der Waals surface area contributed by atoms with Gasteiger partial charge in [0.15, 0.2) is 5.65 Å².